The minimum atomic E-state index is -4.08. The average Bonchev–Trinajstić information content (AvgIpc) is 3.45. The number of hydrogen-bond donors (Lipinski definition) is 1. The van der Waals surface area contributed by atoms with Crippen LogP contribution in [0.4, 0.5) is 5.69 Å². The molecule has 1 fully saturated rings. The van der Waals surface area contributed by atoms with Crippen molar-refractivity contribution < 1.29 is 22.7 Å². The summed E-state index contributed by atoms with van der Waals surface area (Å²) in [6.07, 6.45) is 2.00. The first-order valence-electron chi connectivity index (χ1n) is 12.5. The molecule has 0 spiro atoms. The highest BCUT2D eigenvalue weighted by Crippen LogP contribution is 2.31. The molecule has 9 heteroatoms. The summed E-state index contributed by atoms with van der Waals surface area (Å²) in [6.45, 7) is 4.27. The number of fused-ring (bicyclic) bond motifs is 1. The zero-order chi connectivity index (χ0) is 26.9. The van der Waals surface area contributed by atoms with Crippen molar-refractivity contribution in [2.45, 2.75) is 37.6 Å². The van der Waals surface area contributed by atoms with Gasteiger partial charge in [0.1, 0.15) is 11.8 Å². The Morgan fingerprint density at radius 3 is 2.42 bits per heavy atom. The fourth-order valence-electron chi connectivity index (χ4n) is 4.83. The predicted molar refractivity (Wildman–Crippen MR) is 146 cm³/mol. The van der Waals surface area contributed by atoms with Gasteiger partial charge in [-0.3, -0.25) is 9.59 Å². The van der Waals surface area contributed by atoms with E-state index < -0.39 is 27.9 Å². The average molecular weight is 532 g/mol. The number of anilines is 1. The largest absolute Gasteiger partial charge is 0.494 e. The maximum absolute atomic E-state index is 13.9. The van der Waals surface area contributed by atoms with Gasteiger partial charge in [-0.15, -0.1) is 0 Å². The van der Waals surface area contributed by atoms with Gasteiger partial charge in [0, 0.05) is 23.6 Å². The van der Waals surface area contributed by atoms with Crippen LogP contribution >= 0.6 is 0 Å². The number of amides is 2. The molecule has 3 aromatic carbocycles. The van der Waals surface area contributed by atoms with Crippen LogP contribution in [-0.2, 0) is 26.0 Å². The fraction of sp³-hybridized carbons (Fsp3) is 0.241. The van der Waals surface area contributed by atoms with Crippen molar-refractivity contribution in [2.75, 3.05) is 18.1 Å². The highest BCUT2D eigenvalue weighted by Gasteiger charge is 2.46. The van der Waals surface area contributed by atoms with Gasteiger partial charge in [-0.1, -0.05) is 35.9 Å². The number of carbonyl (C=O) groups is 2. The molecule has 0 bridgehead atoms. The van der Waals surface area contributed by atoms with Gasteiger partial charge >= 0.3 is 0 Å². The van der Waals surface area contributed by atoms with Gasteiger partial charge in [-0.05, 0) is 68.3 Å². The summed E-state index contributed by atoms with van der Waals surface area (Å²) in [4.78, 5) is 31.1. The van der Waals surface area contributed by atoms with Gasteiger partial charge < -0.3 is 9.72 Å². The quantitative estimate of drug-likeness (QED) is 0.322. The number of aromatic nitrogens is 1. The number of H-pyrrole nitrogens is 1. The predicted octanol–water partition coefficient (Wildman–Crippen LogP) is 4.44. The molecule has 1 unspecified atom stereocenters. The summed E-state index contributed by atoms with van der Waals surface area (Å²) >= 11 is 0. The molecule has 5 rings (SSSR count). The Morgan fingerprint density at radius 1 is 1.00 bits per heavy atom. The van der Waals surface area contributed by atoms with E-state index >= 15 is 0 Å². The van der Waals surface area contributed by atoms with E-state index in [9.17, 15) is 18.0 Å². The molecule has 2 amide bonds. The van der Waals surface area contributed by atoms with Crippen LogP contribution in [0.25, 0.3) is 10.9 Å². The Balaban J connectivity index is 1.48. The molecule has 1 aliphatic rings. The maximum Gasteiger partial charge on any atom is 0.252 e. The first-order valence-corrected chi connectivity index (χ1v) is 14.0. The minimum Gasteiger partial charge on any atom is -0.494 e. The Kier molecular flexibility index (Phi) is 7.05. The molecule has 1 aliphatic heterocycles. The van der Waals surface area contributed by atoms with E-state index in [4.69, 9.17) is 4.74 Å². The van der Waals surface area contributed by atoms with E-state index in [1.54, 1.807) is 36.4 Å². The Hall–Kier alpha value is -3.95. The Labute approximate surface area is 221 Å². The summed E-state index contributed by atoms with van der Waals surface area (Å²) < 4.78 is 34.4. The molecule has 0 radical (unpaired) electrons. The van der Waals surface area contributed by atoms with Crippen LogP contribution in [0.15, 0.2) is 83.9 Å². The third kappa shape index (κ3) is 4.82. The van der Waals surface area contributed by atoms with Gasteiger partial charge in [0.2, 0.25) is 15.9 Å². The van der Waals surface area contributed by atoms with E-state index in [2.05, 4.69) is 4.98 Å². The normalized spacial score (nSPS) is 16.1. The van der Waals surface area contributed by atoms with Crippen molar-refractivity contribution in [1.82, 2.24) is 9.29 Å². The Morgan fingerprint density at radius 2 is 1.71 bits per heavy atom. The van der Waals surface area contributed by atoms with Crippen LogP contribution in [0.1, 0.15) is 24.5 Å². The van der Waals surface area contributed by atoms with Crippen LogP contribution in [0.2, 0.25) is 0 Å². The number of rotatable bonds is 9. The van der Waals surface area contributed by atoms with Gasteiger partial charge in [-0.25, -0.2) is 13.3 Å². The second-order valence-corrected chi connectivity index (χ2v) is 11.1. The summed E-state index contributed by atoms with van der Waals surface area (Å²) in [7, 11) is -4.08. The first-order chi connectivity index (χ1) is 18.3. The number of nitrogens with one attached hydrogen (secondary N) is 1. The number of para-hydroxylation sites is 1. The molecule has 0 aliphatic carbocycles. The molecule has 1 atom stereocenters. The summed E-state index contributed by atoms with van der Waals surface area (Å²) in [5.74, 6) is -0.386. The first kappa shape index (κ1) is 25.7. The lowest BCUT2D eigenvalue weighted by atomic mass is 10.1. The van der Waals surface area contributed by atoms with Gasteiger partial charge in [0.15, 0.2) is 0 Å². The summed E-state index contributed by atoms with van der Waals surface area (Å²) in [5.41, 5.74) is 3.19. The third-order valence-electron chi connectivity index (χ3n) is 6.78. The van der Waals surface area contributed by atoms with Crippen LogP contribution in [0.3, 0.4) is 0 Å². The highest BCUT2D eigenvalue weighted by molar-refractivity contribution is 7.89. The molecule has 4 aromatic rings. The molecular formula is C29H29N3O5S. The lowest BCUT2D eigenvalue weighted by Crippen LogP contribution is -2.46. The topological polar surface area (TPSA) is 99.8 Å². The van der Waals surface area contributed by atoms with Crippen LogP contribution in [-0.4, -0.2) is 48.7 Å². The number of carbonyl (C=O) groups excluding carboxylic acids is 2. The summed E-state index contributed by atoms with van der Waals surface area (Å²) in [6, 6.07) is 19.8. The minimum absolute atomic E-state index is 0.0405. The van der Waals surface area contributed by atoms with E-state index in [0.717, 1.165) is 26.9 Å². The monoisotopic (exact) mass is 531 g/mol. The van der Waals surface area contributed by atoms with Crippen molar-refractivity contribution in [3.05, 3.63) is 90.1 Å². The van der Waals surface area contributed by atoms with Crippen LogP contribution in [0, 0.1) is 6.92 Å². The number of benzene rings is 3. The molecule has 1 N–H and O–H groups in total. The lowest BCUT2D eigenvalue weighted by Gasteiger charge is -2.27. The van der Waals surface area contributed by atoms with E-state index in [1.807, 2.05) is 44.3 Å². The molecule has 38 heavy (non-hydrogen) atoms. The maximum atomic E-state index is 13.9. The van der Waals surface area contributed by atoms with Crippen molar-refractivity contribution in [2.24, 2.45) is 0 Å². The molecule has 196 valence electrons. The number of hydrogen-bond acceptors (Lipinski definition) is 5. The smallest absolute Gasteiger partial charge is 0.252 e. The SMILES string of the molecule is CCOc1ccc(N2C(=O)CC(N(CCc3c[nH]c4ccccc34)S(=O)(=O)c3ccc(C)cc3)C2=O)cc1. The second kappa shape index (κ2) is 10.4. The number of aromatic amines is 1. The molecule has 2 heterocycles. The van der Waals surface area contributed by atoms with E-state index in [0.29, 0.717) is 24.5 Å². The standard InChI is InChI=1S/C29H29N3O5S/c1-3-37-23-12-10-22(11-13-23)32-28(33)18-27(29(32)34)31(38(35,36)24-14-8-20(2)9-15-24)17-16-21-19-30-26-7-5-4-6-25(21)26/h4-15,19,27,30H,3,16-18H2,1-2H3. The van der Waals surface area contributed by atoms with Crippen molar-refractivity contribution >= 4 is 38.4 Å². The Bertz CT molecular complexity index is 1580. The number of aryl methyl sites for hydroxylation is 1. The zero-order valence-corrected chi connectivity index (χ0v) is 22.1. The fourth-order valence-corrected chi connectivity index (χ4v) is 6.41. The lowest BCUT2D eigenvalue weighted by molar-refractivity contribution is -0.122. The highest BCUT2D eigenvalue weighted by atomic mass is 32.2. The van der Waals surface area contributed by atoms with Crippen LogP contribution in [0.5, 0.6) is 5.75 Å². The van der Waals surface area contributed by atoms with Crippen LogP contribution < -0.4 is 9.64 Å². The zero-order valence-electron chi connectivity index (χ0n) is 21.3. The van der Waals surface area contributed by atoms with E-state index in [-0.39, 0.29) is 17.9 Å². The number of imide groups is 1. The van der Waals surface area contributed by atoms with Gasteiger partial charge in [-0.2, -0.15) is 4.31 Å². The molecule has 8 nitrogen and oxygen atoms in total. The number of sulfonamides is 1. The molecule has 1 aromatic heterocycles. The number of ether oxygens (including phenoxy) is 1. The van der Waals surface area contributed by atoms with Crippen molar-refractivity contribution in [1.29, 1.82) is 0 Å². The van der Waals surface area contributed by atoms with Gasteiger partial charge in [0.25, 0.3) is 5.91 Å². The van der Waals surface area contributed by atoms with Crippen molar-refractivity contribution in [3.63, 3.8) is 0 Å². The molecule has 0 saturated carbocycles. The molecular weight excluding hydrogens is 502 g/mol. The summed E-state index contributed by atoms with van der Waals surface area (Å²) in [5, 5.41) is 0.991. The number of nitrogens with zero attached hydrogens (tertiary/aromatic N) is 2. The van der Waals surface area contributed by atoms with Crippen molar-refractivity contribution in [3.8, 4) is 5.75 Å². The second-order valence-electron chi connectivity index (χ2n) is 9.25. The van der Waals surface area contributed by atoms with E-state index in [1.165, 1.54) is 16.4 Å². The third-order valence-corrected chi connectivity index (χ3v) is 8.70. The molecule has 1 saturated heterocycles. The van der Waals surface area contributed by atoms with Gasteiger partial charge in [0.05, 0.1) is 23.6 Å².